The van der Waals surface area contributed by atoms with Crippen molar-refractivity contribution in [2.75, 3.05) is 11.9 Å². The van der Waals surface area contributed by atoms with E-state index < -0.39 is 0 Å². The molecule has 0 spiro atoms. The predicted octanol–water partition coefficient (Wildman–Crippen LogP) is 3.17. The number of carbonyl (C=O) groups excluding carboxylic acids is 1. The first-order valence-electron chi connectivity index (χ1n) is 6.21. The Bertz CT molecular complexity index is 587. The number of ether oxygens (including phenoxy) is 1. The standard InChI is InChI=1S/C14H14ClN3O2/c1-2-7-20-12-6-4-3-5-10(12)18-14(19)11-8-17-13(15)9-16-11/h3-6,8-9H,2,7H2,1H3,(H,18,19). The molecular formula is C14H14ClN3O2. The zero-order valence-electron chi connectivity index (χ0n) is 11.0. The largest absolute Gasteiger partial charge is 0.491 e. The Morgan fingerprint density at radius 2 is 2.10 bits per heavy atom. The van der Waals surface area contributed by atoms with E-state index in [0.29, 0.717) is 18.0 Å². The predicted molar refractivity (Wildman–Crippen MR) is 77.2 cm³/mol. The zero-order valence-corrected chi connectivity index (χ0v) is 11.7. The summed E-state index contributed by atoms with van der Waals surface area (Å²) in [6.07, 6.45) is 3.55. The van der Waals surface area contributed by atoms with Crippen LogP contribution in [0.3, 0.4) is 0 Å². The van der Waals surface area contributed by atoms with Gasteiger partial charge in [0.25, 0.3) is 5.91 Å². The Labute approximate surface area is 122 Å². The second-order valence-corrected chi connectivity index (χ2v) is 4.41. The van der Waals surface area contributed by atoms with Crippen LogP contribution in [0.15, 0.2) is 36.7 Å². The van der Waals surface area contributed by atoms with Crippen molar-refractivity contribution in [1.82, 2.24) is 9.97 Å². The topological polar surface area (TPSA) is 64.1 Å². The minimum Gasteiger partial charge on any atom is -0.491 e. The van der Waals surface area contributed by atoms with Gasteiger partial charge in [-0.05, 0) is 18.6 Å². The van der Waals surface area contributed by atoms with Crippen LogP contribution in [0.4, 0.5) is 5.69 Å². The minimum atomic E-state index is -0.360. The number of carbonyl (C=O) groups is 1. The molecule has 1 aromatic carbocycles. The van der Waals surface area contributed by atoms with Gasteiger partial charge in [0.15, 0.2) is 0 Å². The fourth-order valence-electron chi connectivity index (χ4n) is 1.52. The number of amides is 1. The van der Waals surface area contributed by atoms with Gasteiger partial charge >= 0.3 is 0 Å². The van der Waals surface area contributed by atoms with Crippen LogP contribution in [0.2, 0.25) is 5.15 Å². The van der Waals surface area contributed by atoms with Gasteiger partial charge < -0.3 is 10.1 Å². The van der Waals surface area contributed by atoms with Crippen LogP contribution in [0, 0.1) is 0 Å². The van der Waals surface area contributed by atoms with Crippen LogP contribution in [0.25, 0.3) is 0 Å². The summed E-state index contributed by atoms with van der Waals surface area (Å²) >= 11 is 5.63. The smallest absolute Gasteiger partial charge is 0.275 e. The fourth-order valence-corrected chi connectivity index (χ4v) is 1.62. The zero-order chi connectivity index (χ0) is 14.4. The molecule has 0 bridgehead atoms. The molecular weight excluding hydrogens is 278 g/mol. The summed E-state index contributed by atoms with van der Waals surface area (Å²) in [6, 6.07) is 7.25. The number of nitrogens with one attached hydrogen (secondary N) is 1. The molecule has 1 aromatic heterocycles. The summed E-state index contributed by atoms with van der Waals surface area (Å²) in [6.45, 7) is 2.61. The summed E-state index contributed by atoms with van der Waals surface area (Å²) in [4.78, 5) is 19.8. The highest BCUT2D eigenvalue weighted by Crippen LogP contribution is 2.24. The lowest BCUT2D eigenvalue weighted by Crippen LogP contribution is -2.14. The van der Waals surface area contributed by atoms with Crippen LogP contribution in [0.1, 0.15) is 23.8 Å². The molecule has 0 radical (unpaired) electrons. The van der Waals surface area contributed by atoms with E-state index >= 15 is 0 Å². The summed E-state index contributed by atoms with van der Waals surface area (Å²) in [7, 11) is 0. The van der Waals surface area contributed by atoms with Crippen LogP contribution in [0.5, 0.6) is 5.75 Å². The lowest BCUT2D eigenvalue weighted by Gasteiger charge is -2.11. The van der Waals surface area contributed by atoms with Gasteiger partial charge in [-0.1, -0.05) is 30.7 Å². The van der Waals surface area contributed by atoms with Crippen LogP contribution >= 0.6 is 11.6 Å². The molecule has 0 aliphatic rings. The number of nitrogens with zero attached hydrogens (tertiary/aromatic N) is 2. The Balaban J connectivity index is 2.13. The lowest BCUT2D eigenvalue weighted by molar-refractivity contribution is 0.102. The maximum Gasteiger partial charge on any atom is 0.275 e. The van der Waals surface area contributed by atoms with Gasteiger partial charge in [0.1, 0.15) is 16.6 Å². The third-order valence-corrected chi connectivity index (χ3v) is 2.65. The van der Waals surface area contributed by atoms with Crippen molar-refractivity contribution >= 4 is 23.2 Å². The normalized spacial score (nSPS) is 10.1. The number of para-hydroxylation sites is 2. The first-order valence-corrected chi connectivity index (χ1v) is 6.59. The molecule has 20 heavy (non-hydrogen) atoms. The van der Waals surface area contributed by atoms with Crippen molar-refractivity contribution in [3.63, 3.8) is 0 Å². The third kappa shape index (κ3) is 3.68. The van der Waals surface area contributed by atoms with E-state index in [1.807, 2.05) is 19.1 Å². The average Bonchev–Trinajstić information content (AvgIpc) is 2.47. The molecule has 5 nitrogen and oxygen atoms in total. The third-order valence-electron chi connectivity index (χ3n) is 2.45. The molecule has 1 heterocycles. The number of hydrogen-bond acceptors (Lipinski definition) is 4. The number of anilines is 1. The molecule has 2 aromatic rings. The monoisotopic (exact) mass is 291 g/mol. The SMILES string of the molecule is CCCOc1ccccc1NC(=O)c1cnc(Cl)cn1. The number of halogens is 1. The van der Waals surface area contributed by atoms with Crippen molar-refractivity contribution in [1.29, 1.82) is 0 Å². The van der Waals surface area contributed by atoms with Crippen molar-refractivity contribution in [3.05, 3.63) is 47.5 Å². The highest BCUT2D eigenvalue weighted by atomic mass is 35.5. The fraction of sp³-hybridized carbons (Fsp3) is 0.214. The van der Waals surface area contributed by atoms with Crippen molar-refractivity contribution < 1.29 is 9.53 Å². The Kier molecular flexibility index (Phi) is 4.90. The molecule has 104 valence electrons. The number of hydrogen-bond donors (Lipinski definition) is 1. The van der Waals surface area contributed by atoms with E-state index in [0.717, 1.165) is 6.42 Å². The van der Waals surface area contributed by atoms with E-state index in [1.54, 1.807) is 12.1 Å². The van der Waals surface area contributed by atoms with E-state index in [-0.39, 0.29) is 16.8 Å². The number of benzene rings is 1. The molecule has 0 unspecified atom stereocenters. The first-order chi connectivity index (χ1) is 9.70. The van der Waals surface area contributed by atoms with E-state index in [9.17, 15) is 4.79 Å². The Hall–Kier alpha value is -2.14. The van der Waals surface area contributed by atoms with Gasteiger partial charge in [-0.15, -0.1) is 0 Å². The Morgan fingerprint density at radius 1 is 1.30 bits per heavy atom. The molecule has 0 saturated heterocycles. The molecule has 0 aliphatic carbocycles. The molecule has 1 amide bonds. The van der Waals surface area contributed by atoms with Gasteiger partial charge in [0.05, 0.1) is 24.7 Å². The van der Waals surface area contributed by atoms with Crippen LogP contribution in [-0.2, 0) is 0 Å². The van der Waals surface area contributed by atoms with E-state index in [4.69, 9.17) is 16.3 Å². The highest BCUT2D eigenvalue weighted by molar-refractivity contribution is 6.29. The van der Waals surface area contributed by atoms with E-state index in [1.165, 1.54) is 12.4 Å². The first kappa shape index (κ1) is 14.3. The molecule has 0 atom stereocenters. The van der Waals surface area contributed by atoms with Crippen molar-refractivity contribution in [2.24, 2.45) is 0 Å². The molecule has 1 N–H and O–H groups in total. The number of aromatic nitrogens is 2. The van der Waals surface area contributed by atoms with Gasteiger partial charge in [-0.25, -0.2) is 9.97 Å². The summed E-state index contributed by atoms with van der Waals surface area (Å²) in [5.74, 6) is 0.270. The van der Waals surface area contributed by atoms with Crippen molar-refractivity contribution in [3.8, 4) is 5.75 Å². The molecule has 0 saturated carbocycles. The van der Waals surface area contributed by atoms with Crippen LogP contribution in [-0.4, -0.2) is 22.5 Å². The summed E-state index contributed by atoms with van der Waals surface area (Å²) in [5.41, 5.74) is 0.794. The maximum absolute atomic E-state index is 12.0. The highest BCUT2D eigenvalue weighted by Gasteiger charge is 2.11. The minimum absolute atomic E-state index is 0.194. The maximum atomic E-state index is 12.0. The molecule has 0 aliphatic heterocycles. The second kappa shape index (κ2) is 6.86. The lowest BCUT2D eigenvalue weighted by atomic mass is 10.3. The second-order valence-electron chi connectivity index (χ2n) is 4.02. The van der Waals surface area contributed by atoms with Gasteiger partial charge in [0, 0.05) is 0 Å². The average molecular weight is 292 g/mol. The van der Waals surface area contributed by atoms with Gasteiger partial charge in [-0.3, -0.25) is 4.79 Å². The van der Waals surface area contributed by atoms with E-state index in [2.05, 4.69) is 15.3 Å². The molecule has 6 heteroatoms. The Morgan fingerprint density at radius 3 is 2.80 bits per heavy atom. The molecule has 2 rings (SSSR count). The van der Waals surface area contributed by atoms with Crippen LogP contribution < -0.4 is 10.1 Å². The quantitative estimate of drug-likeness (QED) is 0.919. The molecule has 0 fully saturated rings. The van der Waals surface area contributed by atoms with Gasteiger partial charge in [-0.2, -0.15) is 0 Å². The summed E-state index contributed by atoms with van der Waals surface area (Å²) < 4.78 is 5.57. The van der Waals surface area contributed by atoms with Gasteiger partial charge in [0.2, 0.25) is 0 Å². The number of rotatable bonds is 5. The summed E-state index contributed by atoms with van der Waals surface area (Å²) in [5, 5.41) is 2.99. The van der Waals surface area contributed by atoms with Crippen molar-refractivity contribution in [2.45, 2.75) is 13.3 Å².